The van der Waals surface area contributed by atoms with E-state index in [9.17, 15) is 13.2 Å². The van der Waals surface area contributed by atoms with Gasteiger partial charge in [-0.3, -0.25) is 4.79 Å². The molecule has 0 spiro atoms. The number of ether oxygens (including phenoxy) is 2. The van der Waals surface area contributed by atoms with Gasteiger partial charge in [0, 0.05) is 7.05 Å². The molecule has 0 fully saturated rings. The standard InChI is InChI=1S/C21H21ClN2O5S2/c1-3-28-15-8-10-16(11-9-15)29-18-7-5-4-6-17(18)23-20(25)14-24(2)31(26,27)21-13-12-19(22)30-21/h4-13H,3,14H2,1-2H3,(H,23,25). The molecule has 31 heavy (non-hydrogen) atoms. The van der Waals surface area contributed by atoms with Crippen LogP contribution < -0.4 is 14.8 Å². The van der Waals surface area contributed by atoms with Crippen LogP contribution in [0.5, 0.6) is 17.2 Å². The summed E-state index contributed by atoms with van der Waals surface area (Å²) < 4.78 is 37.8. The lowest BCUT2D eigenvalue weighted by Gasteiger charge is -2.17. The summed E-state index contributed by atoms with van der Waals surface area (Å²) >= 11 is 6.76. The van der Waals surface area contributed by atoms with E-state index in [-0.39, 0.29) is 10.8 Å². The van der Waals surface area contributed by atoms with Crippen molar-refractivity contribution in [2.75, 3.05) is 25.5 Å². The first-order chi connectivity index (χ1) is 14.8. The third-order valence-corrected chi connectivity index (χ3v) is 7.61. The minimum Gasteiger partial charge on any atom is -0.494 e. The van der Waals surface area contributed by atoms with E-state index >= 15 is 0 Å². The van der Waals surface area contributed by atoms with E-state index in [1.165, 1.54) is 19.2 Å². The van der Waals surface area contributed by atoms with Crippen molar-refractivity contribution in [3.05, 3.63) is 65.0 Å². The van der Waals surface area contributed by atoms with Gasteiger partial charge in [0.2, 0.25) is 5.91 Å². The molecule has 0 radical (unpaired) electrons. The van der Waals surface area contributed by atoms with Gasteiger partial charge in [-0.2, -0.15) is 4.31 Å². The number of benzene rings is 2. The van der Waals surface area contributed by atoms with Crippen LogP contribution in [0.1, 0.15) is 6.92 Å². The van der Waals surface area contributed by atoms with Crippen molar-refractivity contribution < 1.29 is 22.7 Å². The molecule has 0 atom stereocenters. The van der Waals surface area contributed by atoms with Gasteiger partial charge in [-0.25, -0.2) is 8.42 Å². The number of nitrogens with one attached hydrogen (secondary N) is 1. The molecular formula is C21H21ClN2O5S2. The third kappa shape index (κ3) is 5.98. The average Bonchev–Trinajstić information content (AvgIpc) is 3.18. The number of halogens is 1. The van der Waals surface area contributed by atoms with E-state index in [4.69, 9.17) is 21.1 Å². The summed E-state index contributed by atoms with van der Waals surface area (Å²) in [5.41, 5.74) is 0.423. The average molecular weight is 481 g/mol. The molecule has 0 bridgehead atoms. The Morgan fingerprint density at radius 3 is 2.39 bits per heavy atom. The summed E-state index contributed by atoms with van der Waals surface area (Å²) in [6.45, 7) is 2.11. The summed E-state index contributed by atoms with van der Waals surface area (Å²) in [4.78, 5) is 12.5. The number of rotatable bonds is 9. The van der Waals surface area contributed by atoms with Crippen molar-refractivity contribution in [2.45, 2.75) is 11.1 Å². The van der Waals surface area contributed by atoms with E-state index in [1.807, 2.05) is 6.92 Å². The number of anilines is 1. The van der Waals surface area contributed by atoms with Gasteiger partial charge in [-0.1, -0.05) is 23.7 Å². The third-order valence-electron chi connectivity index (χ3n) is 4.10. The normalized spacial score (nSPS) is 11.4. The molecule has 0 aliphatic heterocycles. The minimum atomic E-state index is -3.81. The maximum absolute atomic E-state index is 12.6. The summed E-state index contributed by atoms with van der Waals surface area (Å²) in [6.07, 6.45) is 0. The highest BCUT2D eigenvalue weighted by Gasteiger charge is 2.25. The Morgan fingerprint density at radius 1 is 1.06 bits per heavy atom. The van der Waals surface area contributed by atoms with E-state index in [1.54, 1.807) is 48.5 Å². The van der Waals surface area contributed by atoms with E-state index in [0.29, 0.717) is 28.1 Å². The molecule has 0 saturated carbocycles. The lowest BCUT2D eigenvalue weighted by molar-refractivity contribution is -0.116. The molecule has 3 aromatic rings. The molecule has 1 N–H and O–H groups in total. The van der Waals surface area contributed by atoms with Gasteiger partial charge in [0.1, 0.15) is 15.7 Å². The predicted octanol–water partition coefficient (Wildman–Crippen LogP) is 4.85. The summed E-state index contributed by atoms with van der Waals surface area (Å²) in [5, 5.41) is 2.70. The number of hydrogen-bond acceptors (Lipinski definition) is 6. The number of carbonyl (C=O) groups excluding carboxylic acids is 1. The topological polar surface area (TPSA) is 84.9 Å². The second kappa shape index (κ2) is 10.1. The monoisotopic (exact) mass is 480 g/mol. The van der Waals surface area contributed by atoms with Crippen molar-refractivity contribution in [2.24, 2.45) is 0 Å². The van der Waals surface area contributed by atoms with E-state index in [0.717, 1.165) is 21.4 Å². The number of amides is 1. The predicted molar refractivity (Wildman–Crippen MR) is 122 cm³/mol. The largest absolute Gasteiger partial charge is 0.494 e. The Morgan fingerprint density at radius 2 is 1.74 bits per heavy atom. The van der Waals surface area contributed by atoms with Crippen molar-refractivity contribution in [3.8, 4) is 17.2 Å². The van der Waals surface area contributed by atoms with Crippen molar-refractivity contribution >= 4 is 44.6 Å². The fraction of sp³-hybridized carbons (Fsp3) is 0.190. The highest BCUT2D eigenvalue weighted by atomic mass is 35.5. The molecule has 1 aromatic heterocycles. The zero-order valence-electron chi connectivity index (χ0n) is 16.9. The number of nitrogens with zero attached hydrogens (tertiary/aromatic N) is 1. The lowest BCUT2D eigenvalue weighted by atomic mass is 10.2. The zero-order chi connectivity index (χ0) is 22.4. The molecule has 164 valence electrons. The van der Waals surface area contributed by atoms with Crippen LogP contribution in [-0.4, -0.2) is 38.8 Å². The first-order valence-corrected chi connectivity index (χ1v) is 11.9. The Labute approximate surface area is 190 Å². The van der Waals surface area contributed by atoms with Gasteiger partial charge in [-0.05, 0) is 55.5 Å². The molecule has 0 saturated heterocycles. The van der Waals surface area contributed by atoms with Crippen molar-refractivity contribution in [3.63, 3.8) is 0 Å². The van der Waals surface area contributed by atoms with Gasteiger partial charge < -0.3 is 14.8 Å². The summed E-state index contributed by atoms with van der Waals surface area (Å²) in [5.74, 6) is 1.22. The highest BCUT2D eigenvalue weighted by molar-refractivity contribution is 7.91. The van der Waals surface area contributed by atoms with Crippen molar-refractivity contribution in [1.29, 1.82) is 0 Å². The first kappa shape index (κ1) is 23.1. The smallest absolute Gasteiger partial charge is 0.252 e. The Bertz CT molecular complexity index is 1150. The van der Waals surface area contributed by atoms with E-state index in [2.05, 4.69) is 5.32 Å². The van der Waals surface area contributed by atoms with Gasteiger partial charge in [0.15, 0.2) is 5.75 Å². The van der Waals surface area contributed by atoms with Crippen LogP contribution in [0.25, 0.3) is 0 Å². The molecule has 1 heterocycles. The Kier molecular flexibility index (Phi) is 7.55. The minimum absolute atomic E-state index is 0.0760. The molecule has 7 nitrogen and oxygen atoms in total. The zero-order valence-corrected chi connectivity index (χ0v) is 19.3. The fourth-order valence-electron chi connectivity index (χ4n) is 2.62. The number of thiophene rings is 1. The van der Waals surface area contributed by atoms with Crippen molar-refractivity contribution in [1.82, 2.24) is 4.31 Å². The van der Waals surface area contributed by atoms with Gasteiger partial charge >= 0.3 is 0 Å². The number of para-hydroxylation sites is 2. The summed E-state index contributed by atoms with van der Waals surface area (Å²) in [7, 11) is -2.47. The molecule has 2 aromatic carbocycles. The Balaban J connectivity index is 1.68. The van der Waals surface area contributed by atoms with Crippen LogP contribution >= 0.6 is 22.9 Å². The quantitative estimate of drug-likeness (QED) is 0.473. The lowest BCUT2D eigenvalue weighted by Crippen LogP contribution is -2.34. The molecule has 10 heteroatoms. The second-order valence-corrected chi connectivity index (χ2v) is 10.4. The maximum atomic E-state index is 12.6. The second-order valence-electron chi connectivity index (χ2n) is 6.37. The van der Waals surface area contributed by atoms with Crippen LogP contribution in [0.2, 0.25) is 4.34 Å². The number of hydrogen-bond donors (Lipinski definition) is 1. The van der Waals surface area contributed by atoms with Gasteiger partial charge in [0.05, 0.1) is 23.2 Å². The van der Waals surface area contributed by atoms with Crippen LogP contribution in [-0.2, 0) is 14.8 Å². The molecule has 0 unspecified atom stereocenters. The number of sulfonamides is 1. The van der Waals surface area contributed by atoms with E-state index < -0.39 is 15.9 Å². The highest BCUT2D eigenvalue weighted by Crippen LogP contribution is 2.31. The number of carbonyl (C=O) groups is 1. The van der Waals surface area contributed by atoms with Gasteiger partial charge in [0.25, 0.3) is 10.0 Å². The molecule has 3 rings (SSSR count). The Hall–Kier alpha value is -2.59. The molecular weight excluding hydrogens is 460 g/mol. The van der Waals surface area contributed by atoms with Crippen LogP contribution in [0.15, 0.2) is 64.9 Å². The SMILES string of the molecule is CCOc1ccc(Oc2ccccc2NC(=O)CN(C)S(=O)(=O)c2ccc(Cl)s2)cc1. The first-order valence-electron chi connectivity index (χ1n) is 9.31. The van der Waals surface area contributed by atoms with Crippen LogP contribution in [0.3, 0.4) is 0 Å². The fourth-order valence-corrected chi connectivity index (χ4v) is 5.44. The van der Waals surface area contributed by atoms with Crippen LogP contribution in [0, 0.1) is 0 Å². The number of likely N-dealkylation sites (N-methyl/N-ethyl adjacent to an activating group) is 1. The van der Waals surface area contributed by atoms with Crippen LogP contribution in [0.4, 0.5) is 5.69 Å². The molecule has 0 aliphatic rings. The maximum Gasteiger partial charge on any atom is 0.252 e. The molecule has 1 amide bonds. The summed E-state index contributed by atoms with van der Waals surface area (Å²) in [6, 6.07) is 16.9. The molecule has 0 aliphatic carbocycles. The van der Waals surface area contributed by atoms with Gasteiger partial charge in [-0.15, -0.1) is 11.3 Å².